The smallest absolute Gasteiger partial charge is 0.256 e. The SMILES string of the molecule is Cc1[nH]c(/C=C2\C(=O)Nc3ccc(C(=O)N[C@@H](C)c4ccccc4)cc32)c(C)c1C(=O)N1CCN(C)CC1. The highest BCUT2D eigenvalue weighted by atomic mass is 16.2. The Bertz CT molecular complexity index is 1430. The van der Waals surface area contributed by atoms with Crippen LogP contribution >= 0.6 is 0 Å². The van der Waals surface area contributed by atoms with Crippen molar-refractivity contribution in [1.82, 2.24) is 20.1 Å². The van der Waals surface area contributed by atoms with Crippen molar-refractivity contribution in [2.24, 2.45) is 0 Å². The average Bonchev–Trinajstić information content (AvgIpc) is 3.38. The van der Waals surface area contributed by atoms with E-state index >= 15 is 0 Å². The molecule has 3 amide bonds. The number of nitrogens with zero attached hydrogens (tertiary/aromatic N) is 2. The van der Waals surface area contributed by atoms with Crippen LogP contribution in [-0.4, -0.2) is 65.7 Å². The maximum Gasteiger partial charge on any atom is 0.256 e. The van der Waals surface area contributed by atoms with E-state index in [1.807, 2.05) is 56.0 Å². The van der Waals surface area contributed by atoms with E-state index in [9.17, 15) is 14.4 Å². The van der Waals surface area contributed by atoms with Crippen molar-refractivity contribution in [3.05, 3.63) is 87.7 Å². The van der Waals surface area contributed by atoms with Gasteiger partial charge in [0, 0.05) is 54.4 Å². The van der Waals surface area contributed by atoms with Gasteiger partial charge in [-0.3, -0.25) is 14.4 Å². The molecule has 1 aromatic heterocycles. The van der Waals surface area contributed by atoms with E-state index in [1.54, 1.807) is 24.3 Å². The van der Waals surface area contributed by atoms with E-state index < -0.39 is 0 Å². The van der Waals surface area contributed by atoms with Gasteiger partial charge in [-0.15, -0.1) is 0 Å². The van der Waals surface area contributed by atoms with Gasteiger partial charge < -0.3 is 25.4 Å². The third kappa shape index (κ3) is 4.87. The minimum Gasteiger partial charge on any atom is -0.358 e. The number of carbonyl (C=O) groups is 3. The Labute approximate surface area is 222 Å². The second-order valence-corrected chi connectivity index (χ2v) is 10.1. The highest BCUT2D eigenvalue weighted by Crippen LogP contribution is 2.35. The monoisotopic (exact) mass is 511 g/mol. The topological polar surface area (TPSA) is 97.5 Å². The summed E-state index contributed by atoms with van der Waals surface area (Å²) in [6, 6.07) is 14.8. The molecule has 0 bridgehead atoms. The molecule has 2 aliphatic rings. The van der Waals surface area contributed by atoms with Crippen molar-refractivity contribution in [1.29, 1.82) is 0 Å². The van der Waals surface area contributed by atoms with E-state index in [4.69, 9.17) is 0 Å². The van der Waals surface area contributed by atoms with Crippen LogP contribution in [0.2, 0.25) is 0 Å². The molecule has 1 fully saturated rings. The summed E-state index contributed by atoms with van der Waals surface area (Å²) in [6.45, 7) is 8.82. The fourth-order valence-corrected chi connectivity index (χ4v) is 5.13. The lowest BCUT2D eigenvalue weighted by molar-refractivity contribution is -0.110. The molecule has 0 aliphatic carbocycles. The zero-order chi connectivity index (χ0) is 27.0. The van der Waals surface area contributed by atoms with Crippen molar-refractivity contribution >= 4 is 35.1 Å². The lowest BCUT2D eigenvalue weighted by Gasteiger charge is -2.32. The van der Waals surface area contributed by atoms with Crippen molar-refractivity contribution in [3.63, 3.8) is 0 Å². The number of piperazine rings is 1. The van der Waals surface area contributed by atoms with Gasteiger partial charge in [-0.25, -0.2) is 0 Å². The first-order valence-electron chi connectivity index (χ1n) is 12.9. The zero-order valence-electron chi connectivity index (χ0n) is 22.2. The molecular weight excluding hydrogens is 478 g/mol. The van der Waals surface area contributed by atoms with E-state index in [-0.39, 0.29) is 23.8 Å². The van der Waals surface area contributed by atoms with Gasteiger partial charge in [0.25, 0.3) is 17.7 Å². The number of benzene rings is 2. The number of nitrogens with one attached hydrogen (secondary N) is 3. The first kappa shape index (κ1) is 25.5. The third-order valence-corrected chi connectivity index (χ3v) is 7.48. The quantitative estimate of drug-likeness (QED) is 0.451. The fourth-order valence-electron chi connectivity index (χ4n) is 5.13. The minimum absolute atomic E-state index is 0.0109. The van der Waals surface area contributed by atoms with Gasteiger partial charge in [0.15, 0.2) is 0 Å². The molecule has 3 aromatic rings. The minimum atomic E-state index is -0.242. The van der Waals surface area contributed by atoms with E-state index in [2.05, 4.69) is 27.6 Å². The number of aromatic nitrogens is 1. The lowest BCUT2D eigenvalue weighted by atomic mass is 10.0. The Morgan fingerprint density at radius 2 is 1.74 bits per heavy atom. The Kier molecular flexibility index (Phi) is 6.91. The number of carbonyl (C=O) groups excluding carboxylic acids is 3. The van der Waals surface area contributed by atoms with Gasteiger partial charge in [0.2, 0.25) is 0 Å². The number of amides is 3. The highest BCUT2D eigenvalue weighted by Gasteiger charge is 2.28. The van der Waals surface area contributed by atoms with Crippen molar-refractivity contribution in [3.8, 4) is 0 Å². The van der Waals surface area contributed by atoms with Gasteiger partial charge in [-0.2, -0.15) is 0 Å². The molecule has 1 saturated heterocycles. The number of rotatable bonds is 5. The molecule has 5 rings (SSSR count). The summed E-state index contributed by atoms with van der Waals surface area (Å²) in [5.74, 6) is -0.444. The second-order valence-electron chi connectivity index (χ2n) is 10.1. The molecule has 2 aromatic carbocycles. The maximum absolute atomic E-state index is 13.3. The Morgan fingerprint density at radius 3 is 2.45 bits per heavy atom. The number of aryl methyl sites for hydroxylation is 1. The molecule has 0 unspecified atom stereocenters. The van der Waals surface area contributed by atoms with Crippen LogP contribution in [-0.2, 0) is 4.79 Å². The van der Waals surface area contributed by atoms with Crippen LogP contribution in [0.4, 0.5) is 5.69 Å². The predicted molar refractivity (Wildman–Crippen MR) is 149 cm³/mol. The molecule has 196 valence electrons. The molecule has 2 aliphatic heterocycles. The van der Waals surface area contributed by atoms with Crippen LogP contribution in [0.1, 0.15) is 61.8 Å². The van der Waals surface area contributed by atoms with Crippen LogP contribution < -0.4 is 10.6 Å². The maximum atomic E-state index is 13.3. The summed E-state index contributed by atoms with van der Waals surface area (Å²) in [6.07, 6.45) is 1.78. The van der Waals surface area contributed by atoms with Gasteiger partial charge in [-0.1, -0.05) is 30.3 Å². The van der Waals surface area contributed by atoms with Gasteiger partial charge in [0.1, 0.15) is 0 Å². The van der Waals surface area contributed by atoms with Crippen LogP contribution in [0.3, 0.4) is 0 Å². The van der Waals surface area contributed by atoms with E-state index in [1.165, 1.54) is 0 Å². The van der Waals surface area contributed by atoms with Gasteiger partial charge in [0.05, 0.1) is 17.2 Å². The number of fused-ring (bicyclic) bond motifs is 1. The van der Waals surface area contributed by atoms with Crippen molar-refractivity contribution < 1.29 is 14.4 Å². The highest BCUT2D eigenvalue weighted by molar-refractivity contribution is 6.35. The Balaban J connectivity index is 1.41. The van der Waals surface area contributed by atoms with Gasteiger partial charge >= 0.3 is 0 Å². The molecule has 0 spiro atoms. The third-order valence-electron chi connectivity index (χ3n) is 7.48. The van der Waals surface area contributed by atoms with E-state index in [0.29, 0.717) is 46.7 Å². The van der Waals surface area contributed by atoms with Crippen molar-refractivity contribution in [2.75, 3.05) is 38.5 Å². The molecule has 8 heteroatoms. The van der Waals surface area contributed by atoms with Crippen LogP contribution in [0.25, 0.3) is 11.6 Å². The first-order chi connectivity index (χ1) is 18.2. The van der Waals surface area contributed by atoms with Crippen molar-refractivity contribution in [2.45, 2.75) is 26.8 Å². The summed E-state index contributed by atoms with van der Waals surface area (Å²) in [5, 5.41) is 5.92. The van der Waals surface area contributed by atoms with E-state index in [0.717, 1.165) is 29.9 Å². The van der Waals surface area contributed by atoms with Crippen LogP contribution in [0.5, 0.6) is 0 Å². The average molecular weight is 512 g/mol. The number of hydrogen-bond donors (Lipinski definition) is 3. The largest absolute Gasteiger partial charge is 0.358 e. The zero-order valence-corrected chi connectivity index (χ0v) is 22.2. The number of likely N-dealkylation sites (N-methyl/N-ethyl adjacent to an activating group) is 1. The molecule has 0 radical (unpaired) electrons. The lowest BCUT2D eigenvalue weighted by Crippen LogP contribution is -2.47. The number of H-pyrrole nitrogens is 1. The second kappa shape index (κ2) is 10.3. The van der Waals surface area contributed by atoms with Gasteiger partial charge in [-0.05, 0) is 63.2 Å². The van der Waals surface area contributed by atoms with Crippen LogP contribution in [0, 0.1) is 13.8 Å². The molecular formula is C30H33N5O3. The fraction of sp³-hybridized carbons (Fsp3) is 0.300. The Morgan fingerprint density at radius 1 is 1.03 bits per heavy atom. The summed E-state index contributed by atoms with van der Waals surface area (Å²) in [5.41, 5.74) is 6.21. The number of aromatic amines is 1. The predicted octanol–water partition coefficient (Wildman–Crippen LogP) is 4.00. The summed E-state index contributed by atoms with van der Waals surface area (Å²) < 4.78 is 0. The molecule has 3 N–H and O–H groups in total. The summed E-state index contributed by atoms with van der Waals surface area (Å²) in [4.78, 5) is 46.7. The standard InChI is InChI=1S/C30H33N5O3/c1-18-26(31-20(3)27(18)30(38)35-14-12-34(4)13-15-35)17-24-23-16-22(10-11-25(23)33-29(24)37)28(36)32-19(2)21-8-6-5-7-9-21/h5-11,16-17,19,31H,12-15H2,1-4H3,(H,32,36)(H,33,37)/b24-17-/t19-/m0/s1. The van der Waals surface area contributed by atoms with Crippen LogP contribution in [0.15, 0.2) is 48.5 Å². The molecule has 0 saturated carbocycles. The molecule has 3 heterocycles. The first-order valence-corrected chi connectivity index (χ1v) is 12.9. The summed E-state index contributed by atoms with van der Waals surface area (Å²) >= 11 is 0. The normalized spacial score (nSPS) is 17.3. The number of anilines is 1. The Hall–Kier alpha value is -4.17. The molecule has 1 atom stereocenters. The summed E-state index contributed by atoms with van der Waals surface area (Å²) in [7, 11) is 2.06. The molecule has 8 nitrogen and oxygen atoms in total. The number of hydrogen-bond acceptors (Lipinski definition) is 4. The molecule has 38 heavy (non-hydrogen) atoms.